The largest absolute Gasteiger partial charge is 0.388 e. The lowest BCUT2D eigenvalue weighted by atomic mass is 10.0. The van der Waals surface area contributed by atoms with E-state index in [-0.39, 0.29) is 0 Å². The number of nitrogens with zero attached hydrogens (tertiary/aromatic N) is 1. The molecule has 1 aromatic heterocycles. The topological polar surface area (TPSA) is 98.6 Å². The van der Waals surface area contributed by atoms with Crippen molar-refractivity contribution in [3.05, 3.63) is 12.4 Å². The summed E-state index contributed by atoms with van der Waals surface area (Å²) in [7, 11) is 0. The van der Waals surface area contributed by atoms with E-state index < -0.39 is 29.9 Å². The van der Waals surface area contributed by atoms with Crippen molar-refractivity contribution in [2.45, 2.75) is 41.9 Å². The van der Waals surface area contributed by atoms with E-state index in [2.05, 4.69) is 9.97 Å². The first-order chi connectivity index (χ1) is 7.59. The minimum Gasteiger partial charge on any atom is -0.388 e. The molecule has 0 amide bonds. The Morgan fingerprint density at radius 3 is 2.69 bits per heavy atom. The van der Waals surface area contributed by atoms with Crippen molar-refractivity contribution >= 4 is 11.8 Å². The van der Waals surface area contributed by atoms with Crippen LogP contribution in [-0.2, 0) is 4.74 Å². The Labute approximate surface area is 96.7 Å². The molecular formula is C9H14N2O4S. The van der Waals surface area contributed by atoms with Crippen molar-refractivity contribution < 1.29 is 20.1 Å². The molecular weight excluding hydrogens is 232 g/mol. The number of ether oxygens (including phenoxy) is 1. The summed E-state index contributed by atoms with van der Waals surface area (Å²) < 4.78 is 5.40. The van der Waals surface area contributed by atoms with Crippen LogP contribution in [-0.4, -0.2) is 55.1 Å². The number of hydrogen-bond donors (Lipinski definition) is 4. The monoisotopic (exact) mass is 246 g/mol. The fraction of sp³-hybridized carbons (Fsp3) is 0.667. The van der Waals surface area contributed by atoms with E-state index in [4.69, 9.17) is 4.74 Å². The lowest BCUT2D eigenvalue weighted by molar-refractivity contribution is -0.192. The van der Waals surface area contributed by atoms with Gasteiger partial charge in [-0.15, -0.1) is 0 Å². The Bertz CT molecular complexity index is 334. The first kappa shape index (κ1) is 11.9. The van der Waals surface area contributed by atoms with Crippen LogP contribution in [0.5, 0.6) is 0 Å². The number of aromatic nitrogens is 2. The third-order valence-corrected chi connectivity index (χ3v) is 3.58. The predicted octanol–water partition coefficient (Wildman–Crippen LogP) is -0.671. The zero-order valence-electron chi connectivity index (χ0n) is 8.65. The Morgan fingerprint density at radius 1 is 1.31 bits per heavy atom. The van der Waals surface area contributed by atoms with E-state index in [9.17, 15) is 15.3 Å². The number of aliphatic hydroxyl groups is 3. The molecule has 0 aromatic carbocycles. The molecule has 2 rings (SSSR count). The highest BCUT2D eigenvalue weighted by molar-refractivity contribution is 7.99. The van der Waals surface area contributed by atoms with Gasteiger partial charge in [-0.2, -0.15) is 0 Å². The van der Waals surface area contributed by atoms with E-state index in [0.717, 1.165) is 0 Å². The highest BCUT2D eigenvalue weighted by Crippen LogP contribution is 2.31. The normalized spacial score (nSPS) is 39.9. The smallest absolute Gasteiger partial charge is 0.167 e. The number of rotatable bonds is 2. The van der Waals surface area contributed by atoms with Crippen LogP contribution in [0.4, 0.5) is 0 Å². The second-order valence-electron chi connectivity index (χ2n) is 3.69. The summed E-state index contributed by atoms with van der Waals surface area (Å²) in [5.41, 5.74) is -0.639. The SMILES string of the molecule is CC1OC(Sc2ncc[nH]2)C(O)C(O)C1O. The van der Waals surface area contributed by atoms with E-state index in [1.54, 1.807) is 19.3 Å². The van der Waals surface area contributed by atoms with Crippen LogP contribution < -0.4 is 0 Å². The van der Waals surface area contributed by atoms with E-state index in [1.165, 1.54) is 11.8 Å². The molecule has 0 bridgehead atoms. The minimum atomic E-state index is -1.20. The van der Waals surface area contributed by atoms with Crippen molar-refractivity contribution in [1.29, 1.82) is 0 Å². The average Bonchev–Trinajstić information content (AvgIpc) is 2.76. The first-order valence-electron chi connectivity index (χ1n) is 4.95. The van der Waals surface area contributed by atoms with Crippen LogP contribution >= 0.6 is 11.8 Å². The summed E-state index contributed by atoms with van der Waals surface area (Å²) >= 11 is 1.18. The molecule has 7 heteroatoms. The van der Waals surface area contributed by atoms with Gasteiger partial charge in [-0.25, -0.2) is 4.98 Å². The number of aliphatic hydroxyl groups excluding tert-OH is 3. The van der Waals surface area contributed by atoms with Gasteiger partial charge in [-0.1, -0.05) is 11.8 Å². The van der Waals surface area contributed by atoms with Gasteiger partial charge >= 0.3 is 0 Å². The highest BCUT2D eigenvalue weighted by atomic mass is 32.2. The van der Waals surface area contributed by atoms with Crippen molar-refractivity contribution in [1.82, 2.24) is 9.97 Å². The summed E-state index contributed by atoms with van der Waals surface area (Å²) in [5.74, 6) is 0. The second kappa shape index (κ2) is 4.72. The van der Waals surface area contributed by atoms with Gasteiger partial charge in [0.2, 0.25) is 0 Å². The lowest BCUT2D eigenvalue weighted by Crippen LogP contribution is -2.55. The zero-order valence-corrected chi connectivity index (χ0v) is 9.46. The third-order valence-electron chi connectivity index (χ3n) is 2.51. The van der Waals surface area contributed by atoms with Gasteiger partial charge in [-0.05, 0) is 6.92 Å². The molecule has 2 heterocycles. The molecule has 1 aromatic rings. The summed E-state index contributed by atoms with van der Waals surface area (Å²) in [4.78, 5) is 6.85. The van der Waals surface area contributed by atoms with Crippen LogP contribution in [0.25, 0.3) is 0 Å². The molecule has 1 aliphatic rings. The number of imidazole rings is 1. The molecule has 4 N–H and O–H groups in total. The van der Waals surface area contributed by atoms with Crippen LogP contribution in [0.2, 0.25) is 0 Å². The minimum absolute atomic E-state index is 0.522. The van der Waals surface area contributed by atoms with Crippen LogP contribution in [0.15, 0.2) is 17.6 Å². The maximum atomic E-state index is 9.73. The summed E-state index contributed by atoms with van der Waals surface area (Å²) in [6.07, 6.45) is -0.676. The molecule has 1 saturated heterocycles. The van der Waals surface area contributed by atoms with Gasteiger partial charge in [-0.3, -0.25) is 0 Å². The first-order valence-corrected chi connectivity index (χ1v) is 5.83. The molecule has 0 saturated carbocycles. The molecule has 1 aliphatic heterocycles. The zero-order chi connectivity index (χ0) is 11.7. The quantitative estimate of drug-likeness (QED) is 0.552. The molecule has 5 unspecified atom stereocenters. The van der Waals surface area contributed by atoms with Crippen LogP contribution in [0.3, 0.4) is 0 Å². The number of hydrogen-bond acceptors (Lipinski definition) is 6. The number of thioether (sulfide) groups is 1. The van der Waals surface area contributed by atoms with Crippen molar-refractivity contribution in [3.63, 3.8) is 0 Å². The molecule has 6 nitrogen and oxygen atoms in total. The van der Waals surface area contributed by atoms with E-state index >= 15 is 0 Å². The van der Waals surface area contributed by atoms with Gasteiger partial charge < -0.3 is 25.0 Å². The third kappa shape index (κ3) is 2.23. The lowest BCUT2D eigenvalue weighted by Gasteiger charge is -2.38. The maximum Gasteiger partial charge on any atom is 0.167 e. The van der Waals surface area contributed by atoms with Crippen molar-refractivity contribution in [2.24, 2.45) is 0 Å². The molecule has 5 atom stereocenters. The summed E-state index contributed by atoms with van der Waals surface area (Å²) in [5, 5.41) is 29.4. The van der Waals surface area contributed by atoms with Gasteiger partial charge in [0, 0.05) is 12.4 Å². The summed E-state index contributed by atoms with van der Waals surface area (Å²) in [6.45, 7) is 1.65. The second-order valence-corrected chi connectivity index (χ2v) is 4.78. The van der Waals surface area contributed by atoms with Crippen molar-refractivity contribution in [3.8, 4) is 0 Å². The molecule has 1 fully saturated rings. The number of H-pyrrole nitrogens is 1. The summed E-state index contributed by atoms with van der Waals surface area (Å²) in [6, 6.07) is 0. The molecule has 16 heavy (non-hydrogen) atoms. The van der Waals surface area contributed by atoms with Gasteiger partial charge in [0.15, 0.2) is 5.16 Å². The van der Waals surface area contributed by atoms with Crippen LogP contribution in [0.1, 0.15) is 6.92 Å². The molecule has 0 radical (unpaired) electrons. The predicted molar refractivity (Wildman–Crippen MR) is 56.8 cm³/mol. The van der Waals surface area contributed by atoms with Gasteiger partial charge in [0.1, 0.15) is 23.7 Å². The van der Waals surface area contributed by atoms with E-state index in [1.807, 2.05) is 0 Å². The number of aromatic amines is 1. The standard InChI is InChI=1S/C9H14N2O4S/c1-4-5(12)6(13)7(14)8(15-4)16-9-10-2-3-11-9/h2-8,12-14H,1H3,(H,10,11). The molecule has 90 valence electrons. The molecule has 0 spiro atoms. The number of nitrogens with one attached hydrogen (secondary N) is 1. The maximum absolute atomic E-state index is 9.73. The van der Waals surface area contributed by atoms with Crippen LogP contribution in [0, 0.1) is 0 Å². The Kier molecular flexibility index (Phi) is 3.50. The van der Waals surface area contributed by atoms with Crippen molar-refractivity contribution in [2.75, 3.05) is 0 Å². The fourth-order valence-electron chi connectivity index (χ4n) is 1.54. The Balaban J connectivity index is 2.04. The average molecular weight is 246 g/mol. The fourth-order valence-corrected chi connectivity index (χ4v) is 2.55. The van der Waals surface area contributed by atoms with Gasteiger partial charge in [0.05, 0.1) is 6.10 Å². The highest BCUT2D eigenvalue weighted by Gasteiger charge is 2.42. The van der Waals surface area contributed by atoms with E-state index in [0.29, 0.717) is 5.16 Å². The van der Waals surface area contributed by atoms with Gasteiger partial charge in [0.25, 0.3) is 0 Å². The Morgan fingerprint density at radius 2 is 2.06 bits per heavy atom. The molecule has 0 aliphatic carbocycles. The Hall–Kier alpha value is -0.600.